The second kappa shape index (κ2) is 16.1. The standard InChI is InChI=1S/C43H54N4O4/c48-37-27-39(40(49)44-28-33-17-13-25-45(30-33)29-32-15-5-1-6-16-32)47(31-37)41(50)38-24-14-26-46(38)42(51)43(34-18-7-2-8-19-34,35-20-9-3-10-21-35)36-22-11-4-12-23-36/h2-4,7-12,18-23,32-33,37-39,48H,1,5-6,13-17,24-31H2,(H,44,49)/t33-,37-,38-,39+/m0/s1. The minimum atomic E-state index is -1.18. The van der Waals surface area contributed by atoms with E-state index in [1.54, 1.807) is 9.80 Å². The van der Waals surface area contributed by atoms with Crippen molar-refractivity contribution < 1.29 is 19.5 Å². The number of rotatable bonds is 10. The third kappa shape index (κ3) is 7.49. The molecule has 0 radical (unpaired) electrons. The molecule has 0 unspecified atom stereocenters. The molecule has 1 aliphatic carbocycles. The second-order valence-electron chi connectivity index (χ2n) is 15.4. The van der Waals surface area contributed by atoms with Gasteiger partial charge in [0.05, 0.1) is 6.10 Å². The van der Waals surface area contributed by atoms with Crippen molar-refractivity contribution in [2.75, 3.05) is 39.3 Å². The number of nitrogens with zero attached hydrogens (tertiary/aromatic N) is 3. The minimum Gasteiger partial charge on any atom is -0.391 e. The number of hydrogen-bond donors (Lipinski definition) is 2. The Hall–Kier alpha value is -4.01. The Kier molecular flexibility index (Phi) is 11.2. The smallest absolute Gasteiger partial charge is 0.246 e. The maximum Gasteiger partial charge on any atom is 0.246 e. The highest BCUT2D eigenvalue weighted by Gasteiger charge is 2.51. The van der Waals surface area contributed by atoms with Crippen LogP contribution < -0.4 is 5.32 Å². The van der Waals surface area contributed by atoms with Crippen LogP contribution in [0, 0.1) is 11.8 Å². The van der Waals surface area contributed by atoms with Gasteiger partial charge in [0.15, 0.2) is 0 Å². The summed E-state index contributed by atoms with van der Waals surface area (Å²) in [5, 5.41) is 14.0. The van der Waals surface area contributed by atoms with Crippen LogP contribution in [0.25, 0.3) is 0 Å². The first-order chi connectivity index (χ1) is 24.9. The van der Waals surface area contributed by atoms with Crippen molar-refractivity contribution in [3.63, 3.8) is 0 Å². The molecule has 3 aromatic rings. The number of hydrogen-bond acceptors (Lipinski definition) is 5. The van der Waals surface area contributed by atoms with Crippen LogP contribution >= 0.6 is 0 Å². The molecule has 3 amide bonds. The third-order valence-electron chi connectivity index (χ3n) is 12.0. The van der Waals surface area contributed by atoms with Gasteiger partial charge in [-0.2, -0.15) is 0 Å². The van der Waals surface area contributed by atoms with E-state index in [1.807, 2.05) is 91.0 Å². The summed E-state index contributed by atoms with van der Waals surface area (Å²) in [6, 6.07) is 28.0. The molecule has 51 heavy (non-hydrogen) atoms. The fraction of sp³-hybridized carbons (Fsp3) is 0.512. The number of benzene rings is 3. The zero-order valence-electron chi connectivity index (χ0n) is 29.9. The van der Waals surface area contributed by atoms with E-state index in [-0.39, 0.29) is 30.7 Å². The predicted molar refractivity (Wildman–Crippen MR) is 199 cm³/mol. The fourth-order valence-corrected chi connectivity index (χ4v) is 9.50. The summed E-state index contributed by atoms with van der Waals surface area (Å²) >= 11 is 0. The summed E-state index contributed by atoms with van der Waals surface area (Å²) in [5.41, 5.74) is 1.32. The highest BCUT2D eigenvalue weighted by atomic mass is 16.3. The Morgan fingerprint density at radius 2 is 1.22 bits per heavy atom. The van der Waals surface area contributed by atoms with Gasteiger partial charge in [0.25, 0.3) is 0 Å². The van der Waals surface area contributed by atoms with Crippen LogP contribution in [0.5, 0.6) is 0 Å². The van der Waals surface area contributed by atoms with Crippen molar-refractivity contribution in [1.29, 1.82) is 0 Å². The SMILES string of the molecule is O=C(NC[C@@H]1CCCN(CC2CCCCC2)C1)[C@H]1C[C@H](O)CN1C(=O)[C@@H]1CCCN1C(=O)C(c1ccccc1)(c1ccccc1)c1ccccc1. The van der Waals surface area contributed by atoms with E-state index >= 15 is 4.79 Å². The Labute approximate surface area is 303 Å². The topological polar surface area (TPSA) is 93.2 Å². The number of amides is 3. The monoisotopic (exact) mass is 690 g/mol. The molecule has 7 rings (SSSR count). The molecule has 3 aromatic carbocycles. The summed E-state index contributed by atoms with van der Waals surface area (Å²) < 4.78 is 0. The van der Waals surface area contributed by atoms with Crippen LogP contribution in [0.2, 0.25) is 0 Å². The largest absolute Gasteiger partial charge is 0.391 e. The number of nitrogens with one attached hydrogen (secondary N) is 1. The van der Waals surface area contributed by atoms with Gasteiger partial charge in [0.1, 0.15) is 17.5 Å². The molecule has 3 heterocycles. The lowest BCUT2D eigenvalue weighted by Crippen LogP contribution is -2.56. The van der Waals surface area contributed by atoms with Crippen LogP contribution in [-0.4, -0.2) is 95.0 Å². The van der Waals surface area contributed by atoms with E-state index in [0.29, 0.717) is 31.8 Å². The van der Waals surface area contributed by atoms with Crippen LogP contribution in [0.4, 0.5) is 0 Å². The number of carbonyl (C=O) groups excluding carboxylic acids is 3. The minimum absolute atomic E-state index is 0.0925. The lowest BCUT2D eigenvalue weighted by atomic mass is 9.68. The van der Waals surface area contributed by atoms with Crippen LogP contribution in [-0.2, 0) is 19.8 Å². The van der Waals surface area contributed by atoms with Crippen LogP contribution in [0.15, 0.2) is 91.0 Å². The number of carbonyl (C=O) groups is 3. The van der Waals surface area contributed by atoms with Gasteiger partial charge in [-0.05, 0) is 73.6 Å². The number of piperidine rings is 1. The first-order valence-electron chi connectivity index (χ1n) is 19.4. The molecule has 0 aromatic heterocycles. The number of aliphatic hydroxyl groups excluding tert-OH is 1. The molecule has 4 aliphatic rings. The maximum absolute atomic E-state index is 15.3. The molecule has 4 fully saturated rings. The summed E-state index contributed by atoms with van der Waals surface area (Å²) in [6.45, 7) is 4.41. The van der Waals surface area contributed by atoms with Crippen molar-refractivity contribution in [3.8, 4) is 0 Å². The summed E-state index contributed by atoms with van der Waals surface area (Å²) in [7, 11) is 0. The highest BCUT2D eigenvalue weighted by Crippen LogP contribution is 2.43. The van der Waals surface area contributed by atoms with Gasteiger partial charge in [-0.1, -0.05) is 110 Å². The van der Waals surface area contributed by atoms with Gasteiger partial charge in [0, 0.05) is 39.1 Å². The van der Waals surface area contributed by atoms with Crippen molar-refractivity contribution in [1.82, 2.24) is 20.0 Å². The normalized spacial score (nSPS) is 24.8. The van der Waals surface area contributed by atoms with E-state index < -0.39 is 23.6 Å². The van der Waals surface area contributed by atoms with Crippen molar-refractivity contribution in [3.05, 3.63) is 108 Å². The summed E-state index contributed by atoms with van der Waals surface area (Å²) in [6.07, 6.45) is 9.58. The highest BCUT2D eigenvalue weighted by molar-refractivity contribution is 6.00. The summed E-state index contributed by atoms with van der Waals surface area (Å²) in [5.74, 6) is 0.570. The average molecular weight is 691 g/mol. The molecule has 2 N–H and O–H groups in total. The van der Waals surface area contributed by atoms with Gasteiger partial charge in [0.2, 0.25) is 17.7 Å². The van der Waals surface area contributed by atoms with E-state index in [0.717, 1.165) is 55.1 Å². The molecule has 3 saturated heterocycles. The molecule has 4 atom stereocenters. The number of aliphatic hydroxyl groups is 1. The van der Waals surface area contributed by atoms with Crippen LogP contribution in [0.1, 0.15) is 80.9 Å². The molecule has 0 spiro atoms. The first kappa shape index (κ1) is 35.4. The Morgan fingerprint density at radius 3 is 1.82 bits per heavy atom. The predicted octanol–water partition coefficient (Wildman–Crippen LogP) is 5.38. The van der Waals surface area contributed by atoms with E-state index in [1.165, 1.54) is 32.1 Å². The van der Waals surface area contributed by atoms with Crippen molar-refractivity contribution >= 4 is 17.7 Å². The zero-order valence-corrected chi connectivity index (χ0v) is 29.9. The number of likely N-dealkylation sites (tertiary alicyclic amines) is 3. The molecule has 270 valence electrons. The maximum atomic E-state index is 15.3. The molecule has 8 nitrogen and oxygen atoms in total. The van der Waals surface area contributed by atoms with Gasteiger partial charge in [-0.25, -0.2) is 0 Å². The lowest BCUT2D eigenvalue weighted by molar-refractivity contribution is -0.148. The van der Waals surface area contributed by atoms with E-state index in [9.17, 15) is 14.7 Å². The Bertz CT molecular complexity index is 1520. The van der Waals surface area contributed by atoms with Crippen molar-refractivity contribution in [2.45, 2.75) is 87.8 Å². The average Bonchev–Trinajstić information content (AvgIpc) is 3.83. The lowest BCUT2D eigenvalue weighted by Gasteiger charge is -2.40. The number of β-amino-alcohol motifs (C(OH)–C–C–N with tert-alkyl or cyclic N) is 1. The fourth-order valence-electron chi connectivity index (χ4n) is 9.50. The molecule has 0 bridgehead atoms. The molecular formula is C43H54N4O4. The zero-order chi connectivity index (χ0) is 35.2. The molecule has 1 saturated carbocycles. The first-order valence-corrected chi connectivity index (χ1v) is 19.4. The van der Waals surface area contributed by atoms with Gasteiger partial charge < -0.3 is 25.1 Å². The van der Waals surface area contributed by atoms with Crippen LogP contribution in [0.3, 0.4) is 0 Å². The molecular weight excluding hydrogens is 636 g/mol. The molecule has 8 heteroatoms. The Balaban J connectivity index is 1.09. The van der Waals surface area contributed by atoms with E-state index in [2.05, 4.69) is 10.2 Å². The second-order valence-corrected chi connectivity index (χ2v) is 15.4. The summed E-state index contributed by atoms with van der Waals surface area (Å²) in [4.78, 5) is 49.5. The molecule has 3 aliphatic heterocycles. The van der Waals surface area contributed by atoms with Gasteiger partial charge in [-0.3, -0.25) is 14.4 Å². The van der Waals surface area contributed by atoms with E-state index in [4.69, 9.17) is 0 Å². The quantitative estimate of drug-likeness (QED) is 0.279. The third-order valence-corrected chi connectivity index (χ3v) is 12.0. The van der Waals surface area contributed by atoms with Gasteiger partial charge >= 0.3 is 0 Å². The van der Waals surface area contributed by atoms with Gasteiger partial charge in [-0.15, -0.1) is 0 Å². The Morgan fingerprint density at radius 1 is 0.647 bits per heavy atom. The van der Waals surface area contributed by atoms with Crippen molar-refractivity contribution in [2.24, 2.45) is 11.8 Å².